The maximum Gasteiger partial charge on any atom is 0.0456 e. The molecule has 2 heteroatoms. The van der Waals surface area contributed by atoms with Crippen LogP contribution in [0.1, 0.15) is 37.8 Å². The van der Waals surface area contributed by atoms with E-state index in [2.05, 4.69) is 48.1 Å². The van der Waals surface area contributed by atoms with Crippen LogP contribution in [0.15, 0.2) is 24.4 Å². The molecule has 1 atom stereocenters. The minimum absolute atomic E-state index is 0.718. The van der Waals surface area contributed by atoms with Crippen LogP contribution in [-0.4, -0.2) is 29.0 Å². The fraction of sp³-hybridized carbons (Fsp3) is 0.529. The van der Waals surface area contributed by atoms with Gasteiger partial charge in [0.2, 0.25) is 0 Å². The van der Waals surface area contributed by atoms with Crippen molar-refractivity contribution in [3.63, 3.8) is 0 Å². The molecule has 0 radical (unpaired) electrons. The molecule has 2 nitrogen and oxygen atoms in total. The average molecular weight is 256 g/mol. The number of hydrogen-bond acceptors (Lipinski definition) is 1. The number of H-pyrrole nitrogens is 1. The van der Waals surface area contributed by atoms with Gasteiger partial charge in [-0.05, 0) is 62.0 Å². The van der Waals surface area contributed by atoms with Gasteiger partial charge in [-0.15, -0.1) is 0 Å². The fourth-order valence-electron chi connectivity index (χ4n) is 3.54. The van der Waals surface area contributed by atoms with E-state index >= 15 is 0 Å². The number of rotatable bonds is 5. The van der Waals surface area contributed by atoms with Gasteiger partial charge in [0.05, 0.1) is 0 Å². The summed E-state index contributed by atoms with van der Waals surface area (Å²) in [6, 6.07) is 7.51. The Bertz CT molecular complexity index is 549. The van der Waals surface area contributed by atoms with Crippen molar-refractivity contribution in [1.29, 1.82) is 0 Å². The molecule has 1 aliphatic carbocycles. The van der Waals surface area contributed by atoms with Crippen LogP contribution in [0.4, 0.5) is 0 Å². The highest BCUT2D eigenvalue weighted by Crippen LogP contribution is 2.31. The van der Waals surface area contributed by atoms with Crippen LogP contribution in [0, 0.1) is 0 Å². The zero-order valence-corrected chi connectivity index (χ0v) is 12.1. The molecule has 0 saturated heterocycles. The van der Waals surface area contributed by atoms with E-state index in [-0.39, 0.29) is 0 Å². The molecule has 102 valence electrons. The molecule has 3 rings (SSSR count). The molecule has 1 aliphatic rings. The summed E-state index contributed by atoms with van der Waals surface area (Å²) >= 11 is 0. The van der Waals surface area contributed by atoms with E-state index in [0.717, 1.165) is 6.04 Å². The van der Waals surface area contributed by atoms with Crippen LogP contribution >= 0.6 is 0 Å². The number of aromatic amines is 1. The highest BCUT2D eigenvalue weighted by atomic mass is 15.1. The first-order valence-electron chi connectivity index (χ1n) is 7.65. The minimum atomic E-state index is 0.718. The number of aromatic nitrogens is 1. The highest BCUT2D eigenvalue weighted by Gasteiger charge is 2.27. The van der Waals surface area contributed by atoms with E-state index in [1.807, 2.05) is 0 Å². The van der Waals surface area contributed by atoms with Gasteiger partial charge >= 0.3 is 0 Å². The van der Waals surface area contributed by atoms with E-state index in [1.54, 1.807) is 11.1 Å². The van der Waals surface area contributed by atoms with Gasteiger partial charge in [0.25, 0.3) is 0 Å². The van der Waals surface area contributed by atoms with Crippen molar-refractivity contribution < 1.29 is 0 Å². The Morgan fingerprint density at radius 3 is 2.63 bits per heavy atom. The topological polar surface area (TPSA) is 19.0 Å². The Balaban J connectivity index is 1.86. The van der Waals surface area contributed by atoms with Crippen molar-refractivity contribution >= 4 is 10.9 Å². The third-order valence-electron chi connectivity index (χ3n) is 4.38. The quantitative estimate of drug-likeness (QED) is 0.863. The van der Waals surface area contributed by atoms with Crippen molar-refractivity contribution in [2.45, 2.75) is 45.6 Å². The number of nitrogens with zero attached hydrogens (tertiary/aromatic N) is 1. The largest absolute Gasteiger partial charge is 0.361 e. The zero-order valence-electron chi connectivity index (χ0n) is 12.1. The van der Waals surface area contributed by atoms with Crippen molar-refractivity contribution in [1.82, 2.24) is 9.88 Å². The van der Waals surface area contributed by atoms with Crippen LogP contribution in [0.5, 0.6) is 0 Å². The molecule has 1 unspecified atom stereocenters. The molecule has 1 aromatic heterocycles. The molecule has 1 N–H and O–H groups in total. The van der Waals surface area contributed by atoms with E-state index < -0.39 is 0 Å². The lowest BCUT2D eigenvalue weighted by Gasteiger charge is -2.27. The summed E-state index contributed by atoms with van der Waals surface area (Å²) in [5.41, 5.74) is 4.44. The number of nitrogens with one attached hydrogen (secondary N) is 1. The first kappa shape index (κ1) is 12.7. The SMILES string of the molecule is CCCN(CCC)C1Cc2ccc3[nH]ccc3c2C1. The van der Waals surface area contributed by atoms with E-state index in [0.29, 0.717) is 0 Å². The lowest BCUT2D eigenvalue weighted by molar-refractivity contribution is 0.202. The summed E-state index contributed by atoms with van der Waals surface area (Å²) in [5.74, 6) is 0. The maximum absolute atomic E-state index is 3.33. The lowest BCUT2D eigenvalue weighted by Crippen LogP contribution is -2.37. The molecule has 1 heterocycles. The normalized spacial score (nSPS) is 18.4. The van der Waals surface area contributed by atoms with Crippen molar-refractivity contribution in [3.05, 3.63) is 35.5 Å². The highest BCUT2D eigenvalue weighted by molar-refractivity contribution is 5.84. The Morgan fingerprint density at radius 2 is 1.89 bits per heavy atom. The van der Waals surface area contributed by atoms with Crippen molar-refractivity contribution in [2.24, 2.45) is 0 Å². The van der Waals surface area contributed by atoms with Crippen LogP contribution < -0.4 is 0 Å². The Morgan fingerprint density at radius 1 is 1.11 bits per heavy atom. The average Bonchev–Trinajstić information content (AvgIpc) is 3.03. The summed E-state index contributed by atoms with van der Waals surface area (Å²) in [5, 5.41) is 1.44. The third kappa shape index (κ3) is 2.30. The summed E-state index contributed by atoms with van der Waals surface area (Å²) in [4.78, 5) is 6.02. The Hall–Kier alpha value is -1.28. The van der Waals surface area contributed by atoms with E-state index in [9.17, 15) is 0 Å². The van der Waals surface area contributed by atoms with Gasteiger partial charge in [-0.25, -0.2) is 0 Å². The summed E-state index contributed by atoms with van der Waals surface area (Å²) in [6.45, 7) is 7.05. The number of hydrogen-bond donors (Lipinski definition) is 1. The van der Waals surface area contributed by atoms with Crippen LogP contribution in [0.3, 0.4) is 0 Å². The Labute approximate surface area is 115 Å². The standard InChI is InChI=1S/C17H24N2/c1-3-9-19(10-4-2)14-11-13-5-6-17-15(7-8-18-17)16(13)12-14/h5-8,14,18H,3-4,9-12H2,1-2H3. The van der Waals surface area contributed by atoms with Crippen LogP contribution in [0.2, 0.25) is 0 Å². The van der Waals surface area contributed by atoms with Gasteiger partial charge in [0.15, 0.2) is 0 Å². The summed E-state index contributed by atoms with van der Waals surface area (Å²) < 4.78 is 0. The van der Waals surface area contributed by atoms with Gasteiger partial charge < -0.3 is 4.98 Å². The molecule has 19 heavy (non-hydrogen) atoms. The minimum Gasteiger partial charge on any atom is -0.361 e. The van der Waals surface area contributed by atoms with Crippen molar-refractivity contribution in [2.75, 3.05) is 13.1 Å². The molecule has 0 fully saturated rings. The lowest BCUT2D eigenvalue weighted by atomic mass is 10.1. The monoisotopic (exact) mass is 256 g/mol. The van der Waals surface area contributed by atoms with Crippen LogP contribution in [-0.2, 0) is 12.8 Å². The summed E-state index contributed by atoms with van der Waals surface area (Å²) in [7, 11) is 0. The van der Waals surface area contributed by atoms with Gasteiger partial charge in [-0.1, -0.05) is 19.9 Å². The van der Waals surface area contributed by atoms with Gasteiger partial charge in [0, 0.05) is 23.1 Å². The first-order chi connectivity index (χ1) is 9.33. The molecule has 1 aromatic carbocycles. The van der Waals surface area contributed by atoms with Crippen molar-refractivity contribution in [3.8, 4) is 0 Å². The molecular formula is C17H24N2. The molecular weight excluding hydrogens is 232 g/mol. The Kier molecular flexibility index (Phi) is 3.61. The van der Waals surface area contributed by atoms with Crippen LogP contribution in [0.25, 0.3) is 10.9 Å². The number of fused-ring (bicyclic) bond motifs is 3. The third-order valence-corrected chi connectivity index (χ3v) is 4.38. The van der Waals surface area contributed by atoms with Gasteiger partial charge in [-0.3, -0.25) is 4.90 Å². The second-order valence-corrected chi connectivity index (χ2v) is 5.74. The second kappa shape index (κ2) is 5.38. The molecule has 2 aromatic rings. The predicted molar refractivity (Wildman–Crippen MR) is 81.6 cm³/mol. The molecule has 0 bridgehead atoms. The molecule has 0 saturated carbocycles. The second-order valence-electron chi connectivity index (χ2n) is 5.74. The predicted octanol–water partition coefficient (Wildman–Crippen LogP) is 3.76. The van der Waals surface area contributed by atoms with Gasteiger partial charge in [0.1, 0.15) is 0 Å². The molecule has 0 spiro atoms. The first-order valence-corrected chi connectivity index (χ1v) is 7.65. The zero-order chi connectivity index (χ0) is 13.2. The van der Waals surface area contributed by atoms with Gasteiger partial charge in [-0.2, -0.15) is 0 Å². The summed E-state index contributed by atoms with van der Waals surface area (Å²) in [6.07, 6.45) is 7.04. The molecule has 0 aliphatic heterocycles. The molecule has 0 amide bonds. The maximum atomic E-state index is 3.33. The van der Waals surface area contributed by atoms with E-state index in [4.69, 9.17) is 0 Å². The smallest absolute Gasteiger partial charge is 0.0456 e. The van der Waals surface area contributed by atoms with E-state index in [1.165, 1.54) is 49.7 Å². The number of benzene rings is 1. The fourth-order valence-corrected chi connectivity index (χ4v) is 3.54.